The summed E-state index contributed by atoms with van der Waals surface area (Å²) in [5.41, 5.74) is 1.02. The summed E-state index contributed by atoms with van der Waals surface area (Å²) < 4.78 is 10.2. The van der Waals surface area contributed by atoms with Crippen LogP contribution in [0.1, 0.15) is 31.9 Å². The van der Waals surface area contributed by atoms with E-state index in [4.69, 9.17) is 9.47 Å². The van der Waals surface area contributed by atoms with E-state index in [2.05, 4.69) is 10.6 Å². The first-order valence-electron chi connectivity index (χ1n) is 10.1. The summed E-state index contributed by atoms with van der Waals surface area (Å²) in [6.07, 6.45) is -0.198. The van der Waals surface area contributed by atoms with Crippen LogP contribution in [-0.2, 0) is 31.9 Å². The van der Waals surface area contributed by atoms with Crippen molar-refractivity contribution >= 4 is 18.0 Å². The summed E-state index contributed by atoms with van der Waals surface area (Å²) in [5.74, 6) is -1.06. The second-order valence-corrected chi connectivity index (χ2v) is 8.16. The van der Waals surface area contributed by atoms with Crippen molar-refractivity contribution in [1.29, 1.82) is 0 Å². The zero-order valence-electron chi connectivity index (χ0n) is 18.4. The highest BCUT2D eigenvalue weighted by Crippen LogP contribution is 2.10. The Morgan fingerprint density at radius 1 is 0.806 bits per heavy atom. The molecule has 2 rings (SSSR count). The fourth-order valence-electron chi connectivity index (χ4n) is 2.97. The van der Waals surface area contributed by atoms with Crippen LogP contribution in [0.2, 0.25) is 0 Å². The molecule has 2 amide bonds. The van der Waals surface area contributed by atoms with Crippen LogP contribution in [0.25, 0.3) is 0 Å². The molecule has 0 aliphatic heterocycles. The van der Waals surface area contributed by atoms with E-state index in [0.717, 1.165) is 11.1 Å². The molecule has 7 heteroatoms. The Morgan fingerprint density at radius 2 is 1.29 bits per heavy atom. The predicted octanol–water partition coefficient (Wildman–Crippen LogP) is 3.02. The van der Waals surface area contributed by atoms with Crippen LogP contribution in [0.15, 0.2) is 60.7 Å². The predicted molar refractivity (Wildman–Crippen MR) is 117 cm³/mol. The van der Waals surface area contributed by atoms with Gasteiger partial charge in [-0.3, -0.25) is 4.79 Å². The van der Waals surface area contributed by atoms with Crippen molar-refractivity contribution in [3.8, 4) is 0 Å². The molecular weight excluding hydrogens is 396 g/mol. The summed E-state index contributed by atoms with van der Waals surface area (Å²) in [6.45, 7) is 5.23. The molecule has 0 heterocycles. The van der Waals surface area contributed by atoms with E-state index >= 15 is 0 Å². The first-order valence-corrected chi connectivity index (χ1v) is 10.1. The summed E-state index contributed by atoms with van der Waals surface area (Å²) in [4.78, 5) is 37.7. The molecule has 2 atom stereocenters. The molecule has 2 aromatic rings. The third-order valence-electron chi connectivity index (χ3n) is 4.37. The molecule has 0 aromatic heterocycles. The van der Waals surface area contributed by atoms with E-state index in [1.165, 1.54) is 7.11 Å². The summed E-state index contributed by atoms with van der Waals surface area (Å²) >= 11 is 0. The van der Waals surface area contributed by atoms with Gasteiger partial charge in [0.15, 0.2) is 0 Å². The number of benzene rings is 2. The number of nitrogens with one attached hydrogen (secondary N) is 2. The number of esters is 1. The van der Waals surface area contributed by atoms with Crippen LogP contribution in [0.4, 0.5) is 4.79 Å². The highest BCUT2D eigenvalue weighted by molar-refractivity contribution is 5.90. The second kappa shape index (κ2) is 11.2. The molecule has 0 bridgehead atoms. The van der Waals surface area contributed by atoms with E-state index in [1.807, 2.05) is 60.7 Å². The molecule has 0 saturated carbocycles. The van der Waals surface area contributed by atoms with Crippen LogP contribution in [0, 0.1) is 0 Å². The number of hydrogen-bond donors (Lipinski definition) is 2. The van der Waals surface area contributed by atoms with Crippen molar-refractivity contribution in [2.75, 3.05) is 7.11 Å². The standard InChI is InChI=1S/C24H30N2O5/c1-24(2,3)31-23(29)26-19(15-17-11-7-5-8-12-17)21(27)25-20(22(28)30-4)16-18-13-9-6-10-14-18/h5-14,19-20H,15-16H2,1-4H3,(H,25,27)(H,26,29)/t19-,20+/m0/s1. The lowest BCUT2D eigenvalue weighted by atomic mass is 10.0. The molecule has 0 aliphatic rings. The van der Waals surface area contributed by atoms with E-state index in [9.17, 15) is 14.4 Å². The largest absolute Gasteiger partial charge is 0.467 e. The Balaban J connectivity index is 2.17. The zero-order chi connectivity index (χ0) is 22.9. The number of carbonyl (C=O) groups is 3. The molecule has 0 radical (unpaired) electrons. The smallest absolute Gasteiger partial charge is 0.408 e. The molecule has 0 aliphatic carbocycles. The van der Waals surface area contributed by atoms with Gasteiger partial charge in [0.1, 0.15) is 17.7 Å². The Morgan fingerprint density at radius 3 is 1.74 bits per heavy atom. The van der Waals surface area contributed by atoms with Gasteiger partial charge in [-0.25, -0.2) is 9.59 Å². The van der Waals surface area contributed by atoms with Gasteiger partial charge in [-0.05, 0) is 31.9 Å². The minimum absolute atomic E-state index is 0.241. The normalized spacial score (nSPS) is 12.9. The van der Waals surface area contributed by atoms with Crippen molar-refractivity contribution in [2.24, 2.45) is 0 Å². The zero-order valence-corrected chi connectivity index (χ0v) is 18.4. The molecule has 7 nitrogen and oxygen atoms in total. The minimum Gasteiger partial charge on any atom is -0.467 e. The second-order valence-electron chi connectivity index (χ2n) is 8.16. The molecular formula is C24H30N2O5. The SMILES string of the molecule is COC(=O)[C@@H](Cc1ccccc1)NC(=O)[C@H](Cc1ccccc1)NC(=O)OC(C)(C)C. The number of hydrogen-bond acceptors (Lipinski definition) is 5. The lowest BCUT2D eigenvalue weighted by Gasteiger charge is -2.25. The summed E-state index contributed by atoms with van der Waals surface area (Å²) in [6, 6.07) is 16.8. The van der Waals surface area contributed by atoms with Crippen molar-refractivity contribution in [3.05, 3.63) is 71.8 Å². The van der Waals surface area contributed by atoms with Gasteiger partial charge in [-0.1, -0.05) is 60.7 Å². The van der Waals surface area contributed by atoms with Gasteiger partial charge < -0.3 is 20.1 Å². The third kappa shape index (κ3) is 8.50. The molecule has 0 fully saturated rings. The van der Waals surface area contributed by atoms with Gasteiger partial charge in [0.25, 0.3) is 0 Å². The van der Waals surface area contributed by atoms with Crippen LogP contribution < -0.4 is 10.6 Å². The van der Waals surface area contributed by atoms with Crippen LogP contribution in [-0.4, -0.2) is 42.8 Å². The molecule has 0 saturated heterocycles. The molecule has 166 valence electrons. The summed E-state index contributed by atoms with van der Waals surface area (Å²) in [7, 11) is 1.27. The first kappa shape index (κ1) is 23.9. The minimum atomic E-state index is -0.930. The van der Waals surface area contributed by atoms with Crippen molar-refractivity contribution < 1.29 is 23.9 Å². The Labute approximate surface area is 183 Å². The molecule has 2 N–H and O–H groups in total. The number of carbonyl (C=O) groups excluding carboxylic acids is 3. The molecule has 0 unspecified atom stereocenters. The van der Waals surface area contributed by atoms with Crippen LogP contribution in [0.3, 0.4) is 0 Å². The first-order chi connectivity index (χ1) is 14.7. The van der Waals surface area contributed by atoms with Gasteiger partial charge >= 0.3 is 12.1 Å². The fraction of sp³-hybridized carbons (Fsp3) is 0.375. The van der Waals surface area contributed by atoms with Gasteiger partial charge in [0.05, 0.1) is 7.11 Å². The Kier molecular flexibility index (Phi) is 8.61. The van der Waals surface area contributed by atoms with Crippen molar-refractivity contribution in [3.63, 3.8) is 0 Å². The highest BCUT2D eigenvalue weighted by Gasteiger charge is 2.29. The van der Waals surface area contributed by atoms with Crippen molar-refractivity contribution in [1.82, 2.24) is 10.6 Å². The molecule has 31 heavy (non-hydrogen) atoms. The van der Waals surface area contributed by atoms with Gasteiger partial charge in [-0.2, -0.15) is 0 Å². The number of alkyl carbamates (subject to hydrolysis) is 1. The van der Waals surface area contributed by atoms with Gasteiger partial charge in [0.2, 0.25) is 5.91 Å². The number of amides is 2. The monoisotopic (exact) mass is 426 g/mol. The van der Waals surface area contributed by atoms with E-state index in [-0.39, 0.29) is 12.8 Å². The Bertz CT molecular complexity index is 863. The lowest BCUT2D eigenvalue weighted by molar-refractivity contribution is -0.145. The summed E-state index contributed by atoms with van der Waals surface area (Å²) in [5, 5.41) is 5.34. The van der Waals surface area contributed by atoms with Crippen LogP contribution >= 0.6 is 0 Å². The van der Waals surface area contributed by atoms with Gasteiger partial charge in [-0.15, -0.1) is 0 Å². The maximum absolute atomic E-state index is 13.1. The molecule has 2 aromatic carbocycles. The fourth-order valence-corrected chi connectivity index (χ4v) is 2.97. The quantitative estimate of drug-likeness (QED) is 0.633. The average Bonchev–Trinajstić information content (AvgIpc) is 2.72. The number of rotatable bonds is 8. The van der Waals surface area contributed by atoms with E-state index in [1.54, 1.807) is 20.8 Å². The maximum atomic E-state index is 13.1. The number of ether oxygens (including phenoxy) is 2. The Hall–Kier alpha value is -3.35. The van der Waals surface area contributed by atoms with Crippen molar-refractivity contribution in [2.45, 2.75) is 51.3 Å². The topological polar surface area (TPSA) is 93.7 Å². The third-order valence-corrected chi connectivity index (χ3v) is 4.37. The van der Waals surface area contributed by atoms with E-state index < -0.39 is 35.7 Å². The number of methoxy groups -OCH3 is 1. The average molecular weight is 427 g/mol. The highest BCUT2D eigenvalue weighted by atomic mass is 16.6. The van der Waals surface area contributed by atoms with E-state index in [0.29, 0.717) is 0 Å². The van der Waals surface area contributed by atoms with Gasteiger partial charge in [0, 0.05) is 12.8 Å². The lowest BCUT2D eigenvalue weighted by Crippen LogP contribution is -2.53. The maximum Gasteiger partial charge on any atom is 0.408 e. The van der Waals surface area contributed by atoms with Crippen LogP contribution in [0.5, 0.6) is 0 Å². The molecule has 0 spiro atoms.